The minimum atomic E-state index is -0.251. The Morgan fingerprint density at radius 2 is 1.74 bits per heavy atom. The number of hydrogen-bond acceptors (Lipinski definition) is 4. The van der Waals surface area contributed by atoms with Gasteiger partial charge in [0.1, 0.15) is 11.4 Å². The highest BCUT2D eigenvalue weighted by Gasteiger charge is 2.18. The number of benzene rings is 2. The summed E-state index contributed by atoms with van der Waals surface area (Å²) >= 11 is 0. The topological polar surface area (TPSA) is 79.5 Å². The molecule has 134 valence electrons. The number of aliphatic hydroxyl groups excluding tert-OH is 1. The molecular weight excluding hydrogens is 340 g/mol. The molecule has 0 aliphatic carbocycles. The Hall–Kier alpha value is -3.51. The van der Waals surface area contributed by atoms with Crippen LogP contribution in [-0.4, -0.2) is 32.7 Å². The van der Waals surface area contributed by atoms with Crippen LogP contribution in [0.2, 0.25) is 0 Å². The molecule has 0 spiro atoms. The van der Waals surface area contributed by atoms with E-state index >= 15 is 0 Å². The molecule has 2 aromatic carbocycles. The Morgan fingerprint density at radius 1 is 1.00 bits per heavy atom. The summed E-state index contributed by atoms with van der Waals surface area (Å²) in [7, 11) is 1.58. The minimum absolute atomic E-state index is 0.00592. The summed E-state index contributed by atoms with van der Waals surface area (Å²) < 4.78 is 1.70. The van der Waals surface area contributed by atoms with Gasteiger partial charge in [0.2, 0.25) is 0 Å². The van der Waals surface area contributed by atoms with Crippen LogP contribution in [0.3, 0.4) is 0 Å². The molecule has 0 fully saturated rings. The van der Waals surface area contributed by atoms with Crippen molar-refractivity contribution in [3.05, 3.63) is 78.0 Å². The molecule has 0 atom stereocenters. The van der Waals surface area contributed by atoms with Crippen LogP contribution in [0.25, 0.3) is 28.2 Å². The van der Waals surface area contributed by atoms with E-state index in [4.69, 9.17) is 4.98 Å². The summed E-state index contributed by atoms with van der Waals surface area (Å²) in [6.45, 7) is -0.00592. The maximum atomic E-state index is 12.0. The first-order valence-electron chi connectivity index (χ1n) is 8.58. The zero-order valence-electron chi connectivity index (χ0n) is 14.8. The van der Waals surface area contributed by atoms with Crippen LogP contribution in [0, 0.1) is 0 Å². The van der Waals surface area contributed by atoms with Gasteiger partial charge in [-0.2, -0.15) is 5.10 Å². The molecule has 0 unspecified atom stereocenters. The maximum absolute atomic E-state index is 12.0. The van der Waals surface area contributed by atoms with E-state index in [9.17, 15) is 9.90 Å². The monoisotopic (exact) mass is 358 g/mol. The van der Waals surface area contributed by atoms with Gasteiger partial charge in [-0.25, -0.2) is 9.50 Å². The minimum Gasteiger partial charge on any atom is -0.392 e. The summed E-state index contributed by atoms with van der Waals surface area (Å²) in [6.07, 6.45) is 0. The van der Waals surface area contributed by atoms with E-state index in [1.165, 1.54) is 0 Å². The SMILES string of the molecule is CNC(=O)c1ccc2nc(-c3ccc(CO)cc3)c(-c3ccccc3)n2n1. The van der Waals surface area contributed by atoms with Gasteiger partial charge in [-0.1, -0.05) is 54.6 Å². The van der Waals surface area contributed by atoms with Crippen LogP contribution >= 0.6 is 0 Å². The molecule has 6 nitrogen and oxygen atoms in total. The molecule has 1 amide bonds. The third-order valence-corrected chi connectivity index (χ3v) is 4.39. The molecule has 2 N–H and O–H groups in total. The lowest BCUT2D eigenvalue weighted by atomic mass is 10.0. The number of imidazole rings is 1. The van der Waals surface area contributed by atoms with Crippen molar-refractivity contribution in [2.75, 3.05) is 7.05 Å². The van der Waals surface area contributed by atoms with E-state index in [2.05, 4.69) is 10.4 Å². The van der Waals surface area contributed by atoms with Crippen LogP contribution in [0.4, 0.5) is 0 Å². The van der Waals surface area contributed by atoms with Crippen molar-refractivity contribution < 1.29 is 9.90 Å². The Morgan fingerprint density at radius 3 is 2.41 bits per heavy atom. The van der Waals surface area contributed by atoms with Crippen LogP contribution < -0.4 is 5.32 Å². The Balaban J connectivity index is 1.98. The molecular formula is C21H18N4O2. The third kappa shape index (κ3) is 3.07. The lowest BCUT2D eigenvalue weighted by molar-refractivity contribution is 0.0957. The van der Waals surface area contributed by atoms with Gasteiger partial charge in [0.15, 0.2) is 5.65 Å². The molecule has 0 bridgehead atoms. The fraction of sp³-hybridized carbons (Fsp3) is 0.0952. The van der Waals surface area contributed by atoms with E-state index in [-0.39, 0.29) is 12.5 Å². The second-order valence-corrected chi connectivity index (χ2v) is 6.10. The fourth-order valence-electron chi connectivity index (χ4n) is 3.01. The second kappa shape index (κ2) is 7.01. The van der Waals surface area contributed by atoms with Crippen molar-refractivity contribution in [1.82, 2.24) is 19.9 Å². The van der Waals surface area contributed by atoms with Gasteiger partial charge >= 0.3 is 0 Å². The summed E-state index contributed by atoms with van der Waals surface area (Å²) in [5.74, 6) is -0.251. The first kappa shape index (κ1) is 16.9. The number of amides is 1. The van der Waals surface area contributed by atoms with Crippen LogP contribution in [0.1, 0.15) is 16.1 Å². The smallest absolute Gasteiger partial charge is 0.271 e. The highest BCUT2D eigenvalue weighted by molar-refractivity contribution is 5.92. The molecule has 0 aliphatic heterocycles. The number of nitrogens with one attached hydrogen (secondary N) is 1. The average Bonchev–Trinajstić information content (AvgIpc) is 3.12. The van der Waals surface area contributed by atoms with Crippen LogP contribution in [-0.2, 0) is 6.61 Å². The average molecular weight is 358 g/mol. The molecule has 0 radical (unpaired) electrons. The molecule has 0 saturated heterocycles. The predicted molar refractivity (Wildman–Crippen MR) is 103 cm³/mol. The number of rotatable bonds is 4. The molecule has 4 rings (SSSR count). The second-order valence-electron chi connectivity index (χ2n) is 6.10. The van der Waals surface area contributed by atoms with Gasteiger partial charge in [0, 0.05) is 18.2 Å². The number of carbonyl (C=O) groups excluding carboxylic acids is 1. The number of aliphatic hydroxyl groups is 1. The van der Waals surface area contributed by atoms with Crippen molar-refractivity contribution in [1.29, 1.82) is 0 Å². The summed E-state index contributed by atoms with van der Waals surface area (Å²) in [4.78, 5) is 16.8. The van der Waals surface area contributed by atoms with Crippen LogP contribution in [0.5, 0.6) is 0 Å². The summed E-state index contributed by atoms with van der Waals surface area (Å²) in [6, 6.07) is 20.9. The largest absolute Gasteiger partial charge is 0.392 e. The number of fused-ring (bicyclic) bond motifs is 1. The number of nitrogens with zero attached hydrogens (tertiary/aromatic N) is 3. The normalized spacial score (nSPS) is 10.9. The van der Waals surface area contributed by atoms with Gasteiger partial charge in [0.05, 0.1) is 12.3 Å². The summed E-state index contributed by atoms with van der Waals surface area (Å²) in [5.41, 5.74) is 5.26. The van der Waals surface area contributed by atoms with E-state index in [1.807, 2.05) is 54.6 Å². The molecule has 2 aromatic heterocycles. The Labute approximate surface area is 156 Å². The van der Waals surface area contributed by atoms with Crippen molar-refractivity contribution >= 4 is 11.6 Å². The lowest BCUT2D eigenvalue weighted by Crippen LogP contribution is -2.20. The standard InChI is InChI=1S/C21H18N4O2/c1-22-21(27)17-11-12-18-23-19(15-9-7-14(13-26)8-10-15)20(25(18)24-17)16-5-3-2-4-6-16/h2-12,26H,13H2,1H3,(H,22,27). The van der Waals surface area contributed by atoms with E-state index in [0.29, 0.717) is 11.3 Å². The van der Waals surface area contributed by atoms with E-state index in [0.717, 1.165) is 28.1 Å². The lowest BCUT2D eigenvalue weighted by Gasteiger charge is -2.06. The predicted octanol–water partition coefficient (Wildman–Crippen LogP) is 2.92. The first-order valence-corrected chi connectivity index (χ1v) is 8.58. The van der Waals surface area contributed by atoms with Crippen molar-refractivity contribution in [2.45, 2.75) is 6.61 Å². The first-order chi connectivity index (χ1) is 13.2. The number of carbonyl (C=O) groups is 1. The zero-order valence-corrected chi connectivity index (χ0v) is 14.8. The molecule has 0 aliphatic rings. The van der Waals surface area contributed by atoms with Crippen LogP contribution in [0.15, 0.2) is 66.7 Å². The summed E-state index contributed by atoms with van der Waals surface area (Å²) in [5, 5.41) is 16.4. The Bertz CT molecular complexity index is 1100. The fourth-order valence-corrected chi connectivity index (χ4v) is 3.01. The van der Waals surface area contributed by atoms with Crippen molar-refractivity contribution in [3.63, 3.8) is 0 Å². The van der Waals surface area contributed by atoms with Crippen molar-refractivity contribution in [3.8, 4) is 22.5 Å². The number of aromatic nitrogens is 3. The van der Waals surface area contributed by atoms with Gasteiger partial charge in [-0.3, -0.25) is 4.79 Å². The molecule has 4 aromatic rings. The Kier molecular flexibility index (Phi) is 4.40. The molecule has 6 heteroatoms. The van der Waals surface area contributed by atoms with Gasteiger partial charge < -0.3 is 10.4 Å². The van der Waals surface area contributed by atoms with E-state index in [1.54, 1.807) is 23.7 Å². The zero-order chi connectivity index (χ0) is 18.8. The van der Waals surface area contributed by atoms with E-state index < -0.39 is 0 Å². The quantitative estimate of drug-likeness (QED) is 0.588. The van der Waals surface area contributed by atoms with Gasteiger partial charge in [-0.05, 0) is 17.7 Å². The van der Waals surface area contributed by atoms with Gasteiger partial charge in [0.25, 0.3) is 5.91 Å². The number of hydrogen-bond donors (Lipinski definition) is 2. The molecule has 2 heterocycles. The third-order valence-electron chi connectivity index (χ3n) is 4.39. The highest BCUT2D eigenvalue weighted by Crippen LogP contribution is 2.32. The van der Waals surface area contributed by atoms with Crippen molar-refractivity contribution in [2.24, 2.45) is 0 Å². The molecule has 0 saturated carbocycles. The van der Waals surface area contributed by atoms with Gasteiger partial charge in [-0.15, -0.1) is 0 Å². The molecule has 27 heavy (non-hydrogen) atoms. The maximum Gasteiger partial charge on any atom is 0.271 e. The highest BCUT2D eigenvalue weighted by atomic mass is 16.3.